The Balaban J connectivity index is 2.51. The van der Waals surface area contributed by atoms with Crippen LogP contribution in [0.25, 0.3) is 0 Å². The summed E-state index contributed by atoms with van der Waals surface area (Å²) in [5.74, 6) is -0.0768. The molecule has 3 N–H and O–H groups in total. The maximum absolute atomic E-state index is 12.7. The second-order valence-corrected chi connectivity index (χ2v) is 4.16. The van der Waals surface area contributed by atoms with Gasteiger partial charge in [-0.15, -0.1) is 0 Å². The fraction of sp³-hybridized carbons (Fsp3) is 0.417. The summed E-state index contributed by atoms with van der Waals surface area (Å²) in [6.07, 6.45) is 0. The summed E-state index contributed by atoms with van der Waals surface area (Å²) in [6.45, 7) is 3.10. The second kappa shape index (κ2) is 6.20. The zero-order chi connectivity index (χ0) is 12.8. The fourth-order valence-corrected chi connectivity index (χ4v) is 1.38. The molecule has 0 aromatic heterocycles. The third-order valence-electron chi connectivity index (χ3n) is 2.43. The van der Waals surface area contributed by atoms with Gasteiger partial charge in [-0.2, -0.15) is 0 Å². The molecule has 0 saturated carbocycles. The third kappa shape index (κ3) is 4.40. The number of urea groups is 1. The molecule has 0 radical (unpaired) electrons. The van der Waals surface area contributed by atoms with Crippen molar-refractivity contribution in [2.75, 3.05) is 25.5 Å². The molecule has 0 aliphatic carbocycles. The van der Waals surface area contributed by atoms with Crippen LogP contribution in [-0.2, 0) is 0 Å². The van der Waals surface area contributed by atoms with E-state index < -0.39 is 0 Å². The number of carbonyl (C=O) groups excluding carboxylic acids is 1. The Morgan fingerprint density at radius 1 is 1.47 bits per heavy atom. The summed E-state index contributed by atoms with van der Waals surface area (Å²) in [5.41, 5.74) is 6.06. The van der Waals surface area contributed by atoms with Gasteiger partial charge in [0.15, 0.2) is 0 Å². The number of nitrogens with two attached hydrogens (primary N) is 1. The maximum Gasteiger partial charge on any atom is 0.321 e. The lowest BCUT2D eigenvalue weighted by Crippen LogP contribution is -2.36. The van der Waals surface area contributed by atoms with Crippen LogP contribution in [0.15, 0.2) is 24.3 Å². The van der Waals surface area contributed by atoms with Gasteiger partial charge in [0.2, 0.25) is 0 Å². The predicted octanol–water partition coefficient (Wildman–Crippen LogP) is 1.88. The Hall–Kier alpha value is -1.62. The first-order chi connectivity index (χ1) is 8.02. The number of rotatable bonds is 4. The second-order valence-electron chi connectivity index (χ2n) is 4.16. The molecule has 0 saturated heterocycles. The fourth-order valence-electron chi connectivity index (χ4n) is 1.38. The zero-order valence-electron chi connectivity index (χ0n) is 10.1. The van der Waals surface area contributed by atoms with Gasteiger partial charge in [0.1, 0.15) is 5.82 Å². The van der Waals surface area contributed by atoms with Crippen molar-refractivity contribution in [3.05, 3.63) is 30.1 Å². The normalized spacial score (nSPS) is 12.0. The molecule has 0 heterocycles. The van der Waals surface area contributed by atoms with Gasteiger partial charge in [-0.3, -0.25) is 0 Å². The van der Waals surface area contributed by atoms with Crippen molar-refractivity contribution in [3.63, 3.8) is 0 Å². The van der Waals surface area contributed by atoms with Crippen LogP contribution in [0.4, 0.5) is 14.9 Å². The van der Waals surface area contributed by atoms with Crippen LogP contribution in [0.3, 0.4) is 0 Å². The highest BCUT2D eigenvalue weighted by atomic mass is 19.1. The minimum Gasteiger partial charge on any atom is -0.330 e. The number of benzene rings is 1. The molecule has 2 amide bonds. The van der Waals surface area contributed by atoms with Gasteiger partial charge in [0, 0.05) is 19.3 Å². The first-order valence-corrected chi connectivity index (χ1v) is 5.50. The van der Waals surface area contributed by atoms with Gasteiger partial charge in [0.05, 0.1) is 0 Å². The number of nitrogens with zero attached hydrogens (tertiary/aromatic N) is 1. The quantitative estimate of drug-likeness (QED) is 0.843. The summed E-state index contributed by atoms with van der Waals surface area (Å²) >= 11 is 0. The minimum absolute atomic E-state index is 0.225. The molecule has 1 aromatic rings. The van der Waals surface area contributed by atoms with Crippen LogP contribution in [0.1, 0.15) is 6.92 Å². The molecular weight excluding hydrogens is 221 g/mol. The molecule has 5 heteroatoms. The van der Waals surface area contributed by atoms with E-state index in [2.05, 4.69) is 5.32 Å². The summed E-state index contributed by atoms with van der Waals surface area (Å²) in [7, 11) is 1.70. The molecule has 94 valence electrons. The number of hydrogen-bond acceptors (Lipinski definition) is 2. The SMILES string of the molecule is CC(CN)CN(C)C(=O)Nc1ccc(F)cc1. The lowest BCUT2D eigenvalue weighted by molar-refractivity contribution is 0.216. The van der Waals surface area contributed by atoms with E-state index in [0.717, 1.165) is 0 Å². The Kier molecular flexibility index (Phi) is 4.90. The number of anilines is 1. The van der Waals surface area contributed by atoms with E-state index >= 15 is 0 Å². The first-order valence-electron chi connectivity index (χ1n) is 5.50. The van der Waals surface area contributed by atoms with Crippen molar-refractivity contribution in [3.8, 4) is 0 Å². The van der Waals surface area contributed by atoms with Crippen LogP contribution in [0.2, 0.25) is 0 Å². The highest BCUT2D eigenvalue weighted by Gasteiger charge is 2.11. The number of carbonyl (C=O) groups is 1. The largest absolute Gasteiger partial charge is 0.330 e. The number of nitrogens with one attached hydrogen (secondary N) is 1. The van der Waals surface area contributed by atoms with Gasteiger partial charge in [0.25, 0.3) is 0 Å². The van der Waals surface area contributed by atoms with Crippen molar-refractivity contribution >= 4 is 11.7 Å². The zero-order valence-corrected chi connectivity index (χ0v) is 10.1. The Labute approximate surface area is 101 Å². The van der Waals surface area contributed by atoms with Gasteiger partial charge < -0.3 is 16.0 Å². The average Bonchev–Trinajstić information content (AvgIpc) is 2.31. The standard InChI is InChI=1S/C12H18FN3O/c1-9(7-14)8-16(2)12(17)15-11-5-3-10(13)4-6-11/h3-6,9H,7-8,14H2,1-2H3,(H,15,17). The molecule has 0 bridgehead atoms. The molecule has 4 nitrogen and oxygen atoms in total. The summed E-state index contributed by atoms with van der Waals surface area (Å²) in [5, 5.41) is 2.68. The number of hydrogen-bond donors (Lipinski definition) is 2. The molecule has 1 rings (SSSR count). The van der Waals surface area contributed by atoms with E-state index in [-0.39, 0.29) is 17.8 Å². The van der Waals surface area contributed by atoms with Crippen LogP contribution in [0.5, 0.6) is 0 Å². The molecule has 17 heavy (non-hydrogen) atoms. The van der Waals surface area contributed by atoms with E-state index in [1.165, 1.54) is 24.3 Å². The van der Waals surface area contributed by atoms with E-state index in [0.29, 0.717) is 18.8 Å². The lowest BCUT2D eigenvalue weighted by atomic mass is 10.2. The molecule has 0 fully saturated rings. The van der Waals surface area contributed by atoms with Crippen molar-refractivity contribution in [1.82, 2.24) is 4.90 Å². The molecule has 0 aliphatic rings. The van der Waals surface area contributed by atoms with E-state index in [9.17, 15) is 9.18 Å². The Morgan fingerprint density at radius 2 is 2.06 bits per heavy atom. The van der Waals surface area contributed by atoms with Crippen molar-refractivity contribution < 1.29 is 9.18 Å². The van der Waals surface area contributed by atoms with E-state index in [1.54, 1.807) is 11.9 Å². The van der Waals surface area contributed by atoms with Gasteiger partial charge in [-0.25, -0.2) is 9.18 Å². The van der Waals surface area contributed by atoms with E-state index in [4.69, 9.17) is 5.73 Å². The smallest absolute Gasteiger partial charge is 0.321 e. The summed E-state index contributed by atoms with van der Waals surface area (Å²) in [6, 6.07) is 5.42. The van der Waals surface area contributed by atoms with E-state index in [1.807, 2.05) is 6.92 Å². The minimum atomic E-state index is -0.326. The average molecular weight is 239 g/mol. The van der Waals surface area contributed by atoms with Gasteiger partial charge >= 0.3 is 6.03 Å². The van der Waals surface area contributed by atoms with Gasteiger partial charge in [-0.1, -0.05) is 6.92 Å². The van der Waals surface area contributed by atoms with Crippen LogP contribution in [0, 0.1) is 11.7 Å². The summed E-state index contributed by atoms with van der Waals surface area (Å²) < 4.78 is 12.7. The molecule has 0 aliphatic heterocycles. The first kappa shape index (κ1) is 13.4. The highest BCUT2D eigenvalue weighted by Crippen LogP contribution is 2.09. The molecular formula is C12H18FN3O. The lowest BCUT2D eigenvalue weighted by Gasteiger charge is -2.21. The molecule has 1 aromatic carbocycles. The monoisotopic (exact) mass is 239 g/mol. The highest BCUT2D eigenvalue weighted by molar-refractivity contribution is 5.89. The van der Waals surface area contributed by atoms with Gasteiger partial charge in [-0.05, 0) is 36.7 Å². The van der Waals surface area contributed by atoms with Crippen molar-refractivity contribution in [1.29, 1.82) is 0 Å². The maximum atomic E-state index is 12.7. The predicted molar refractivity (Wildman–Crippen MR) is 66.3 cm³/mol. The molecule has 0 spiro atoms. The van der Waals surface area contributed by atoms with Crippen molar-refractivity contribution in [2.45, 2.75) is 6.92 Å². The van der Waals surface area contributed by atoms with Crippen LogP contribution >= 0.6 is 0 Å². The molecule has 1 unspecified atom stereocenters. The number of halogens is 1. The number of amides is 2. The van der Waals surface area contributed by atoms with Crippen molar-refractivity contribution in [2.24, 2.45) is 11.7 Å². The Morgan fingerprint density at radius 3 is 2.59 bits per heavy atom. The third-order valence-corrected chi connectivity index (χ3v) is 2.43. The Bertz CT molecular complexity index is 367. The van der Waals surface area contributed by atoms with Crippen LogP contribution < -0.4 is 11.1 Å². The summed E-state index contributed by atoms with van der Waals surface area (Å²) in [4.78, 5) is 13.3. The topological polar surface area (TPSA) is 58.4 Å². The van der Waals surface area contributed by atoms with Crippen LogP contribution in [-0.4, -0.2) is 31.1 Å². The molecule has 1 atom stereocenters.